The minimum Gasteiger partial charge on any atom is -0.380 e. The van der Waals surface area contributed by atoms with Crippen LogP contribution < -0.4 is 5.32 Å². The Morgan fingerprint density at radius 3 is 3.05 bits per heavy atom. The van der Waals surface area contributed by atoms with Crippen LogP contribution in [0.15, 0.2) is 30.5 Å². The minimum absolute atomic E-state index is 0.430. The highest BCUT2D eigenvalue weighted by atomic mass is 35.5. The highest BCUT2D eigenvalue weighted by molar-refractivity contribution is 6.35. The lowest BCUT2D eigenvalue weighted by Gasteiger charge is -2.34. The highest BCUT2D eigenvalue weighted by Crippen LogP contribution is 2.30. The Kier molecular flexibility index (Phi) is 4.32. The van der Waals surface area contributed by atoms with Crippen molar-refractivity contribution in [3.8, 4) is 0 Å². The zero-order valence-electron chi connectivity index (χ0n) is 12.6. The van der Waals surface area contributed by atoms with Crippen LogP contribution in [0.1, 0.15) is 19.8 Å². The zero-order chi connectivity index (χ0) is 14.8. The maximum Gasteiger partial charge on any atom is 0.0948 e. The Labute approximate surface area is 131 Å². The molecule has 1 saturated heterocycles. The summed E-state index contributed by atoms with van der Waals surface area (Å²) >= 11 is 6.26. The van der Waals surface area contributed by atoms with Crippen LogP contribution in [0.5, 0.6) is 0 Å². The lowest BCUT2D eigenvalue weighted by molar-refractivity contribution is 0.197. The number of anilines is 1. The van der Waals surface area contributed by atoms with Gasteiger partial charge >= 0.3 is 0 Å². The Bertz CT molecular complexity index is 628. The number of likely N-dealkylation sites (tertiary alicyclic amines) is 1. The summed E-state index contributed by atoms with van der Waals surface area (Å²) in [4.78, 5) is 6.92. The number of pyridine rings is 1. The average Bonchev–Trinajstić information content (AvgIpc) is 2.50. The van der Waals surface area contributed by atoms with Gasteiger partial charge in [0, 0.05) is 24.2 Å². The third-order valence-corrected chi connectivity index (χ3v) is 4.80. The van der Waals surface area contributed by atoms with Gasteiger partial charge in [-0.25, -0.2) is 0 Å². The van der Waals surface area contributed by atoms with E-state index in [1.807, 2.05) is 30.5 Å². The van der Waals surface area contributed by atoms with E-state index in [2.05, 4.69) is 29.2 Å². The van der Waals surface area contributed by atoms with Crippen molar-refractivity contribution >= 4 is 28.2 Å². The lowest BCUT2D eigenvalue weighted by atomic mass is 9.91. The van der Waals surface area contributed by atoms with E-state index in [1.165, 1.54) is 19.4 Å². The number of piperidine rings is 1. The van der Waals surface area contributed by atoms with Crippen molar-refractivity contribution in [3.63, 3.8) is 0 Å². The molecule has 1 aromatic carbocycles. The fourth-order valence-electron chi connectivity index (χ4n) is 3.23. The fourth-order valence-corrected chi connectivity index (χ4v) is 3.45. The second kappa shape index (κ2) is 6.20. The number of benzene rings is 1. The molecule has 2 heterocycles. The third-order valence-electron chi connectivity index (χ3n) is 4.47. The largest absolute Gasteiger partial charge is 0.380 e. The molecule has 1 N–H and O–H groups in total. The standard InChI is InChI=1S/C17H22ClN3/c1-12(13-5-4-10-21(2)11-13)20-16-8-7-15(18)14-6-3-9-19-17(14)16/h3,6-9,12-13,20H,4-5,10-11H2,1-2H3. The quantitative estimate of drug-likeness (QED) is 0.928. The number of aromatic nitrogens is 1. The normalized spacial score (nSPS) is 21.4. The summed E-state index contributed by atoms with van der Waals surface area (Å²) in [6, 6.07) is 8.37. The van der Waals surface area contributed by atoms with Gasteiger partial charge in [0.05, 0.1) is 16.2 Å². The first-order chi connectivity index (χ1) is 10.1. The number of nitrogens with zero attached hydrogens (tertiary/aromatic N) is 2. The summed E-state index contributed by atoms with van der Waals surface area (Å²) < 4.78 is 0. The summed E-state index contributed by atoms with van der Waals surface area (Å²) in [6.45, 7) is 4.65. The fraction of sp³-hybridized carbons (Fsp3) is 0.471. The van der Waals surface area contributed by atoms with E-state index in [9.17, 15) is 0 Å². The second-order valence-corrected chi connectivity index (χ2v) is 6.50. The SMILES string of the molecule is CC(Nc1ccc(Cl)c2cccnc12)C1CCCN(C)C1. The van der Waals surface area contributed by atoms with Gasteiger partial charge in [0.2, 0.25) is 0 Å². The van der Waals surface area contributed by atoms with Gasteiger partial charge < -0.3 is 10.2 Å². The van der Waals surface area contributed by atoms with Crippen LogP contribution in [0, 0.1) is 5.92 Å². The molecule has 0 spiro atoms. The third kappa shape index (κ3) is 3.14. The summed E-state index contributed by atoms with van der Waals surface area (Å²) in [7, 11) is 2.21. The molecule has 2 aromatic rings. The van der Waals surface area contributed by atoms with Crippen molar-refractivity contribution in [1.29, 1.82) is 0 Å². The van der Waals surface area contributed by atoms with E-state index in [0.717, 1.165) is 28.2 Å². The van der Waals surface area contributed by atoms with Crippen LogP contribution in [-0.2, 0) is 0 Å². The Hall–Kier alpha value is -1.32. The molecule has 1 fully saturated rings. The summed E-state index contributed by atoms with van der Waals surface area (Å²) in [5.74, 6) is 0.679. The number of fused-ring (bicyclic) bond motifs is 1. The van der Waals surface area contributed by atoms with Crippen LogP contribution >= 0.6 is 11.6 Å². The van der Waals surface area contributed by atoms with Crippen molar-refractivity contribution in [3.05, 3.63) is 35.5 Å². The molecule has 2 atom stereocenters. The van der Waals surface area contributed by atoms with E-state index in [0.29, 0.717) is 12.0 Å². The van der Waals surface area contributed by atoms with Gasteiger partial charge in [0.25, 0.3) is 0 Å². The molecule has 0 saturated carbocycles. The maximum atomic E-state index is 6.26. The molecule has 2 unspecified atom stereocenters. The van der Waals surface area contributed by atoms with Gasteiger partial charge in [0.1, 0.15) is 0 Å². The number of nitrogens with one attached hydrogen (secondary N) is 1. The van der Waals surface area contributed by atoms with Crippen molar-refractivity contribution in [2.75, 3.05) is 25.5 Å². The van der Waals surface area contributed by atoms with E-state index >= 15 is 0 Å². The van der Waals surface area contributed by atoms with Crippen LogP contribution in [-0.4, -0.2) is 36.1 Å². The average molecular weight is 304 g/mol. The van der Waals surface area contributed by atoms with E-state index in [-0.39, 0.29) is 0 Å². The number of hydrogen-bond acceptors (Lipinski definition) is 3. The van der Waals surface area contributed by atoms with Crippen molar-refractivity contribution in [2.45, 2.75) is 25.8 Å². The summed E-state index contributed by atoms with van der Waals surface area (Å²) in [6.07, 6.45) is 4.40. The van der Waals surface area contributed by atoms with Gasteiger partial charge in [-0.3, -0.25) is 4.98 Å². The summed E-state index contributed by atoms with van der Waals surface area (Å²) in [5, 5.41) is 5.42. The number of halogens is 1. The molecule has 4 heteroatoms. The van der Waals surface area contributed by atoms with Gasteiger partial charge in [-0.15, -0.1) is 0 Å². The van der Waals surface area contributed by atoms with Crippen LogP contribution in [0.2, 0.25) is 5.02 Å². The lowest BCUT2D eigenvalue weighted by Crippen LogP contribution is -2.39. The molecule has 0 aliphatic carbocycles. The van der Waals surface area contributed by atoms with E-state index < -0.39 is 0 Å². The topological polar surface area (TPSA) is 28.2 Å². The molecular weight excluding hydrogens is 282 g/mol. The number of rotatable bonds is 3. The first kappa shape index (κ1) is 14.6. The molecule has 3 nitrogen and oxygen atoms in total. The van der Waals surface area contributed by atoms with Crippen LogP contribution in [0.25, 0.3) is 10.9 Å². The molecule has 1 aromatic heterocycles. The van der Waals surface area contributed by atoms with Crippen molar-refractivity contribution in [2.24, 2.45) is 5.92 Å². The molecule has 21 heavy (non-hydrogen) atoms. The van der Waals surface area contributed by atoms with Gasteiger partial charge in [-0.05, 0) is 63.5 Å². The highest BCUT2D eigenvalue weighted by Gasteiger charge is 2.23. The minimum atomic E-state index is 0.430. The smallest absolute Gasteiger partial charge is 0.0948 e. The maximum absolute atomic E-state index is 6.26. The summed E-state index contributed by atoms with van der Waals surface area (Å²) in [5.41, 5.74) is 2.04. The Morgan fingerprint density at radius 2 is 2.24 bits per heavy atom. The number of hydrogen-bond donors (Lipinski definition) is 1. The van der Waals surface area contributed by atoms with Gasteiger partial charge in [-0.1, -0.05) is 11.6 Å². The molecule has 112 valence electrons. The first-order valence-corrected chi connectivity index (χ1v) is 8.01. The predicted molar refractivity (Wildman–Crippen MR) is 90.1 cm³/mol. The second-order valence-electron chi connectivity index (χ2n) is 6.09. The van der Waals surface area contributed by atoms with Gasteiger partial charge in [0.15, 0.2) is 0 Å². The molecule has 0 amide bonds. The van der Waals surface area contributed by atoms with Crippen molar-refractivity contribution < 1.29 is 0 Å². The van der Waals surface area contributed by atoms with Gasteiger partial charge in [-0.2, -0.15) is 0 Å². The molecule has 1 aliphatic rings. The predicted octanol–water partition coefficient (Wildman–Crippen LogP) is 4.03. The van der Waals surface area contributed by atoms with E-state index in [1.54, 1.807) is 0 Å². The van der Waals surface area contributed by atoms with Crippen LogP contribution in [0.3, 0.4) is 0 Å². The first-order valence-electron chi connectivity index (χ1n) is 7.63. The molecule has 1 aliphatic heterocycles. The van der Waals surface area contributed by atoms with Crippen LogP contribution in [0.4, 0.5) is 5.69 Å². The molecule has 3 rings (SSSR count). The Balaban J connectivity index is 1.83. The zero-order valence-corrected chi connectivity index (χ0v) is 13.4. The van der Waals surface area contributed by atoms with Crippen molar-refractivity contribution in [1.82, 2.24) is 9.88 Å². The Morgan fingerprint density at radius 1 is 1.38 bits per heavy atom. The van der Waals surface area contributed by atoms with E-state index in [4.69, 9.17) is 11.6 Å². The molecular formula is C17H22ClN3. The molecule has 0 radical (unpaired) electrons. The molecule has 0 bridgehead atoms. The monoisotopic (exact) mass is 303 g/mol.